The maximum absolute atomic E-state index is 14.5. The van der Waals surface area contributed by atoms with Crippen LogP contribution in [0.4, 0.5) is 0 Å². The number of rotatable bonds is 8. The summed E-state index contributed by atoms with van der Waals surface area (Å²) in [5, 5.41) is 69.3. The monoisotopic (exact) mass is 1250 g/mol. The zero-order valence-corrected chi connectivity index (χ0v) is 52.5. The number of hydrogen-bond acceptors (Lipinski definition) is 15. The number of aliphatic hydroxyl groups excluding tert-OH is 3. The molecule has 0 amide bonds. The van der Waals surface area contributed by atoms with Crippen molar-refractivity contribution < 1.29 is 45.0 Å². The molecule has 458 valence electrons. The average molecular weight is 1250 g/mol. The molecule has 0 radical (unpaired) electrons. The summed E-state index contributed by atoms with van der Waals surface area (Å²) in [5.41, 5.74) is 23.1. The van der Waals surface area contributed by atoms with E-state index in [9.17, 15) is 40.2 Å². The van der Waals surface area contributed by atoms with E-state index in [2.05, 4.69) is 71.4 Å². The van der Waals surface area contributed by atoms with Crippen LogP contribution in [0, 0.1) is 40.9 Å². The molecule has 5 aromatic carbocycles. The number of aromatic nitrogens is 1. The second kappa shape index (κ2) is 28.6. The van der Waals surface area contributed by atoms with Crippen LogP contribution in [0.25, 0.3) is 0 Å². The fraction of sp³-hybridized carbons (Fsp3) is 0.437. The van der Waals surface area contributed by atoms with Gasteiger partial charge in [0, 0.05) is 82.7 Å². The lowest BCUT2D eigenvalue weighted by molar-refractivity contribution is -0.114. The fourth-order valence-electron chi connectivity index (χ4n) is 14.5. The quantitative estimate of drug-likeness (QED) is 0.0392. The van der Waals surface area contributed by atoms with E-state index < -0.39 is 29.2 Å². The number of phenolic OH excluding ortho intramolecular Hbond substituents is 2. The molecule has 9 atom stereocenters. The van der Waals surface area contributed by atoms with Gasteiger partial charge >= 0.3 is 0 Å². The summed E-state index contributed by atoms with van der Waals surface area (Å²) in [7, 11) is 6.79. The van der Waals surface area contributed by atoms with E-state index in [1.165, 1.54) is 22.3 Å². The molecule has 16 heteroatoms. The van der Waals surface area contributed by atoms with Crippen LogP contribution in [-0.2, 0) is 49.1 Å². The minimum absolute atomic E-state index is 0.00970. The van der Waals surface area contributed by atoms with Gasteiger partial charge in [-0.1, -0.05) is 134 Å². The first-order chi connectivity index (χ1) is 42.2. The average Bonchev–Trinajstić information content (AvgIpc) is 2.21. The van der Waals surface area contributed by atoms with Gasteiger partial charge in [0.15, 0.2) is 23.1 Å². The summed E-state index contributed by atoms with van der Waals surface area (Å²) in [4.78, 5) is 31.9. The Hall–Kier alpha value is -5.42. The predicted octanol–water partition coefficient (Wildman–Crippen LogP) is 11.6. The molecular formula is C71H81N3O9S4. The third-order valence-corrected chi connectivity index (χ3v) is 24.3. The van der Waals surface area contributed by atoms with Crippen LogP contribution >= 0.6 is 43.2 Å². The molecule has 2 fully saturated rings. The second-order valence-corrected chi connectivity index (χ2v) is 30.1. The van der Waals surface area contributed by atoms with E-state index in [4.69, 9.17) is 16.2 Å². The number of carbonyl (C=O) groups is 2. The van der Waals surface area contributed by atoms with Crippen LogP contribution in [0.5, 0.6) is 17.2 Å². The third kappa shape index (κ3) is 15.1. The minimum atomic E-state index is -1.12. The van der Waals surface area contributed by atoms with Crippen molar-refractivity contribution in [3.63, 3.8) is 0 Å². The van der Waals surface area contributed by atoms with Crippen LogP contribution in [0.3, 0.4) is 0 Å². The lowest BCUT2D eigenvalue weighted by Crippen LogP contribution is -2.37. The Morgan fingerprint density at radius 1 is 0.782 bits per heavy atom. The van der Waals surface area contributed by atoms with Crippen molar-refractivity contribution in [2.75, 3.05) is 37.1 Å². The highest BCUT2D eigenvalue weighted by Crippen LogP contribution is 2.57. The number of nitrogens with one attached hydrogen (secondary N) is 1. The molecule has 11 bridgehead atoms. The van der Waals surface area contributed by atoms with Crippen molar-refractivity contribution in [3.05, 3.63) is 194 Å². The summed E-state index contributed by atoms with van der Waals surface area (Å²) in [6.07, 6.45) is 11.5. The van der Waals surface area contributed by atoms with E-state index in [-0.39, 0.29) is 85.3 Å². The van der Waals surface area contributed by atoms with Crippen molar-refractivity contribution in [1.29, 1.82) is 0 Å². The van der Waals surface area contributed by atoms with Crippen molar-refractivity contribution in [2.45, 2.75) is 125 Å². The van der Waals surface area contributed by atoms with Gasteiger partial charge in [0.2, 0.25) is 0 Å². The van der Waals surface area contributed by atoms with Crippen molar-refractivity contribution in [1.82, 2.24) is 4.98 Å². The second-order valence-electron chi connectivity index (χ2n) is 25.1. The maximum atomic E-state index is 14.5. The van der Waals surface area contributed by atoms with Gasteiger partial charge in [0.05, 0.1) is 44.1 Å². The van der Waals surface area contributed by atoms with E-state index >= 15 is 0 Å². The number of ketones is 2. The van der Waals surface area contributed by atoms with Gasteiger partial charge in [-0.2, -0.15) is 0 Å². The molecule has 2 aliphatic heterocycles. The molecule has 1 aromatic heterocycles. The molecular weight excluding hydrogens is 1170 g/mol. The van der Waals surface area contributed by atoms with Gasteiger partial charge in [-0.3, -0.25) is 9.59 Å². The number of carbonyl (C=O) groups excluding carboxylic acids is 2. The zero-order valence-electron chi connectivity index (χ0n) is 49.2. The molecule has 87 heavy (non-hydrogen) atoms. The first-order valence-corrected chi connectivity index (χ1v) is 35.8. The third-order valence-electron chi connectivity index (χ3n) is 19.3. The first kappa shape index (κ1) is 63.2. The Labute approximate surface area is 527 Å². The van der Waals surface area contributed by atoms with Crippen LogP contribution < -0.4 is 16.2 Å². The largest absolute Gasteiger partial charge is 0.508 e. The van der Waals surface area contributed by atoms with Crippen molar-refractivity contribution in [2.24, 2.45) is 40.6 Å². The molecule has 1 saturated heterocycles. The molecule has 6 aromatic rings. The molecule has 3 aliphatic carbocycles. The standard InChI is InChI=1S/C71H81N3O9S4/c72-69(73)60-33-49-7-4-8-64-58(21-25-74-64)67(81)35-61-59(49)34-53(60)40-84-86-41-54-36-70(24-20-55(77)15-11-46-14-18-66(80)68(29-46)83-26-22-47-13-17-65(79)62(61)28-47)23-19-48(32-56(78)37-75)50-30-51-27-45(10-9-44-5-2-1-3-6-44)12-16-57(51)63(38-76)52(31-50)39-85-87-43-71(54,82)42-70/h1-3,5-6,12-14,16-18,20-21,24-25,27-29,33-34,48,50,52,54,56,61,63,69,74-76,78-80,82H,8-11,15,19,22-23,26,30-32,35-43,72-73H2/b24-20+/t48-,50+,52+,54+,56-,61-,63+,70+,71-/m0/s1. The number of benzene rings is 5. The van der Waals surface area contributed by atoms with E-state index in [0.717, 1.165) is 64.9 Å². The molecule has 12 nitrogen and oxygen atoms in total. The Morgan fingerprint density at radius 3 is 2.40 bits per heavy atom. The number of aromatic hydroxyl groups is 2. The summed E-state index contributed by atoms with van der Waals surface area (Å²) in [5.74, 6) is 8.56. The van der Waals surface area contributed by atoms with Crippen LogP contribution in [0.1, 0.15) is 147 Å². The number of H-pyrrole nitrogens is 1. The Morgan fingerprint density at radius 2 is 1.59 bits per heavy atom. The highest BCUT2D eigenvalue weighted by molar-refractivity contribution is 8.77. The van der Waals surface area contributed by atoms with E-state index in [1.54, 1.807) is 85.8 Å². The van der Waals surface area contributed by atoms with E-state index in [1.807, 2.05) is 24.3 Å². The van der Waals surface area contributed by atoms with Gasteiger partial charge in [0.1, 0.15) is 5.75 Å². The lowest BCUT2D eigenvalue weighted by Gasteiger charge is -2.34. The summed E-state index contributed by atoms with van der Waals surface area (Å²) < 4.78 is 6.25. The molecule has 11 N–H and O–H groups in total. The van der Waals surface area contributed by atoms with Crippen molar-refractivity contribution in [3.8, 4) is 29.1 Å². The molecule has 3 heterocycles. The van der Waals surface area contributed by atoms with Crippen LogP contribution in [0.15, 0.2) is 121 Å². The summed E-state index contributed by atoms with van der Waals surface area (Å²) in [6, 6.07) is 33.7. The summed E-state index contributed by atoms with van der Waals surface area (Å²) >= 11 is 0. The number of ether oxygens (including phenoxy) is 1. The molecule has 0 unspecified atom stereocenters. The number of Topliss-reactive ketones (excluding diaryl/α,β-unsaturated/α-hetero) is 1. The smallest absolute Gasteiger partial charge is 0.165 e. The molecule has 11 rings (SSSR count). The van der Waals surface area contributed by atoms with Crippen molar-refractivity contribution >= 4 is 54.7 Å². The maximum Gasteiger partial charge on any atom is 0.165 e. The number of nitrogens with two attached hydrogens (primary N) is 2. The number of aryl methyl sites for hydroxylation is 3. The Kier molecular flexibility index (Phi) is 20.8. The number of aromatic amines is 1. The zero-order chi connectivity index (χ0) is 60.7. The minimum Gasteiger partial charge on any atom is -0.508 e. The first-order valence-electron chi connectivity index (χ1n) is 30.8. The van der Waals surface area contributed by atoms with Gasteiger partial charge in [-0.05, 0) is 180 Å². The number of allylic oxidation sites excluding steroid dienone is 2. The van der Waals surface area contributed by atoms with E-state index in [0.29, 0.717) is 91.1 Å². The van der Waals surface area contributed by atoms with Gasteiger partial charge < -0.3 is 51.8 Å². The molecule has 1 saturated carbocycles. The summed E-state index contributed by atoms with van der Waals surface area (Å²) in [6.45, 7) is -0.148. The van der Waals surface area contributed by atoms with Gasteiger partial charge in [0.25, 0.3) is 0 Å². The highest BCUT2D eigenvalue weighted by Gasteiger charge is 2.53. The predicted molar refractivity (Wildman–Crippen MR) is 352 cm³/mol. The number of phenols is 2. The lowest BCUT2D eigenvalue weighted by atomic mass is 9.72. The fourth-order valence-corrected chi connectivity index (χ4v) is 20.0. The Balaban J connectivity index is 0.944. The van der Waals surface area contributed by atoms with Gasteiger partial charge in [-0.25, -0.2) is 0 Å². The SMILES string of the molecule is NC(N)c1cc2c3cc1CSSC[C@H]1C[C@]4(/C=C/C(=O)CCc5ccc(O)c(c5)OCCc5ccc(O)c(c5)[C@H]3CC(=O)c3cc[nH]c3CC#C2)CC[C@@H](C[C@H](O)CO)[C@@H]2Cc3cc(CCc5ccccc5)ccc3[C@H](CO)[C@@H](CSSC[C@@]1(O)C4)C2. The van der Waals surface area contributed by atoms with Gasteiger partial charge in [-0.15, -0.1) is 0 Å². The topological polar surface area (TPSA) is 233 Å². The highest BCUT2D eigenvalue weighted by atomic mass is 33.1. The molecule has 5 aliphatic rings. The molecule has 1 spiro atoms. The number of aliphatic hydroxyl groups is 4. The Bertz CT molecular complexity index is 3510. The van der Waals surface area contributed by atoms with Crippen LogP contribution in [0.2, 0.25) is 0 Å². The normalized spacial score (nSPS) is 26.3. The number of hydrogen-bond donors (Lipinski definition) is 9. The number of fused-ring (bicyclic) bond motifs is 13. The van der Waals surface area contributed by atoms with Crippen LogP contribution in [-0.4, -0.2) is 96.0 Å².